The van der Waals surface area contributed by atoms with Gasteiger partial charge in [0.2, 0.25) is 0 Å². The Morgan fingerprint density at radius 2 is 1.22 bits per heavy atom. The van der Waals surface area contributed by atoms with Crippen LogP contribution in [0.1, 0.15) is 22.9 Å². The number of rotatable bonds is 7. The minimum absolute atomic E-state index is 0.182. The number of hydrogen-bond acceptors (Lipinski definition) is 5. The Bertz CT molecular complexity index is 813. The third kappa shape index (κ3) is 4.60. The lowest BCUT2D eigenvalue weighted by Crippen LogP contribution is -2.52. The number of hydrazine groups is 3. The molecule has 5 nitrogen and oxygen atoms in total. The van der Waals surface area contributed by atoms with Crippen molar-refractivity contribution in [2.45, 2.75) is 19.3 Å². The largest absolute Gasteiger partial charge is 0.338 e. The molecule has 0 bridgehead atoms. The zero-order chi connectivity index (χ0) is 18.3. The van der Waals surface area contributed by atoms with Gasteiger partial charge in [0.1, 0.15) is 6.73 Å². The summed E-state index contributed by atoms with van der Waals surface area (Å²) in [7, 11) is 0. The summed E-state index contributed by atoms with van der Waals surface area (Å²) in [4.78, 5) is 0. The van der Waals surface area contributed by atoms with Crippen molar-refractivity contribution in [3.05, 3.63) is 108 Å². The molecular formula is C22H24N4O. The molecule has 1 heterocycles. The van der Waals surface area contributed by atoms with E-state index in [4.69, 9.17) is 4.74 Å². The maximum atomic E-state index is 6.07. The molecule has 1 aliphatic rings. The van der Waals surface area contributed by atoms with Crippen LogP contribution in [0.4, 0.5) is 0 Å². The molecule has 3 aromatic carbocycles. The van der Waals surface area contributed by atoms with Crippen molar-refractivity contribution in [3.63, 3.8) is 0 Å². The molecule has 5 heteroatoms. The lowest BCUT2D eigenvalue weighted by atomic mass is 10.2. The summed E-state index contributed by atoms with van der Waals surface area (Å²) in [6.07, 6.45) is -0.182. The van der Waals surface area contributed by atoms with Crippen LogP contribution < -0.4 is 10.9 Å². The molecule has 27 heavy (non-hydrogen) atoms. The van der Waals surface area contributed by atoms with Crippen molar-refractivity contribution < 1.29 is 4.74 Å². The van der Waals surface area contributed by atoms with E-state index in [0.29, 0.717) is 6.73 Å². The van der Waals surface area contributed by atoms with Gasteiger partial charge in [-0.2, -0.15) is 0 Å². The molecule has 138 valence electrons. The fourth-order valence-electron chi connectivity index (χ4n) is 3.09. The first kappa shape index (κ1) is 17.9. The van der Waals surface area contributed by atoms with Crippen LogP contribution in [0.5, 0.6) is 0 Å². The second-order valence-corrected chi connectivity index (χ2v) is 6.44. The van der Waals surface area contributed by atoms with Gasteiger partial charge in [-0.15, -0.1) is 10.2 Å². The molecule has 2 N–H and O–H groups in total. The second kappa shape index (κ2) is 8.90. The topological polar surface area (TPSA) is 39.8 Å². The Balaban J connectivity index is 1.47. The molecule has 1 fully saturated rings. The Labute approximate surface area is 160 Å². The Morgan fingerprint density at radius 3 is 1.81 bits per heavy atom. The van der Waals surface area contributed by atoms with Crippen molar-refractivity contribution in [1.82, 2.24) is 21.1 Å². The summed E-state index contributed by atoms with van der Waals surface area (Å²) in [5.74, 6) is 0. The van der Waals surface area contributed by atoms with Crippen LogP contribution in [-0.2, 0) is 17.8 Å². The average molecular weight is 360 g/mol. The molecule has 0 spiro atoms. The lowest BCUT2D eigenvalue weighted by Gasteiger charge is -2.30. The Morgan fingerprint density at radius 1 is 0.704 bits per heavy atom. The molecule has 4 rings (SSSR count). The van der Waals surface area contributed by atoms with E-state index in [-0.39, 0.29) is 6.23 Å². The number of nitrogens with one attached hydrogen (secondary N) is 2. The maximum Gasteiger partial charge on any atom is 0.166 e. The van der Waals surface area contributed by atoms with Crippen LogP contribution in [-0.4, -0.2) is 17.0 Å². The van der Waals surface area contributed by atoms with Gasteiger partial charge in [-0.3, -0.25) is 0 Å². The zero-order valence-electron chi connectivity index (χ0n) is 15.2. The Kier molecular flexibility index (Phi) is 5.89. The van der Waals surface area contributed by atoms with Crippen LogP contribution in [0, 0.1) is 0 Å². The highest BCUT2D eigenvalue weighted by Gasteiger charge is 2.33. The van der Waals surface area contributed by atoms with Gasteiger partial charge in [0.05, 0.1) is 0 Å². The maximum absolute atomic E-state index is 6.07. The molecule has 1 unspecified atom stereocenters. The number of ether oxygens (including phenoxy) is 1. The van der Waals surface area contributed by atoms with Crippen molar-refractivity contribution in [1.29, 1.82) is 0 Å². The van der Waals surface area contributed by atoms with E-state index in [0.717, 1.165) is 18.7 Å². The molecule has 0 aromatic heterocycles. The molecule has 1 saturated heterocycles. The highest BCUT2D eigenvalue weighted by Crippen LogP contribution is 2.27. The fraction of sp³-hybridized carbons (Fsp3) is 0.182. The molecular weight excluding hydrogens is 336 g/mol. The molecule has 3 aromatic rings. The van der Waals surface area contributed by atoms with Crippen LogP contribution in [0.2, 0.25) is 0 Å². The van der Waals surface area contributed by atoms with E-state index in [1.807, 2.05) is 40.6 Å². The monoisotopic (exact) mass is 360 g/mol. The highest BCUT2D eigenvalue weighted by molar-refractivity contribution is 5.18. The SMILES string of the molecule is c1ccc(CNN2COC(c3ccccc3)N2NCc2ccccc2)cc1. The summed E-state index contributed by atoms with van der Waals surface area (Å²) >= 11 is 0. The normalized spacial score (nSPS) is 18.0. The number of nitrogens with zero attached hydrogens (tertiary/aromatic N) is 2. The van der Waals surface area contributed by atoms with E-state index in [2.05, 4.69) is 71.5 Å². The van der Waals surface area contributed by atoms with E-state index in [9.17, 15) is 0 Å². The highest BCUT2D eigenvalue weighted by atomic mass is 16.6. The molecule has 0 amide bonds. The first-order valence-electron chi connectivity index (χ1n) is 9.18. The van der Waals surface area contributed by atoms with Crippen LogP contribution in [0.25, 0.3) is 0 Å². The van der Waals surface area contributed by atoms with Crippen molar-refractivity contribution in [3.8, 4) is 0 Å². The smallest absolute Gasteiger partial charge is 0.166 e. The minimum atomic E-state index is -0.182. The first-order valence-corrected chi connectivity index (χ1v) is 9.18. The van der Waals surface area contributed by atoms with Gasteiger partial charge >= 0.3 is 0 Å². The fourth-order valence-corrected chi connectivity index (χ4v) is 3.09. The molecule has 0 aliphatic carbocycles. The third-order valence-corrected chi connectivity index (χ3v) is 4.52. The standard InChI is InChI=1S/C22H24N4O/c1-4-10-19(11-5-1)16-23-25-18-27-22(21-14-8-3-9-15-21)26(25)24-17-20-12-6-2-7-13-20/h1-15,22-24H,16-18H2. The van der Waals surface area contributed by atoms with Crippen molar-refractivity contribution in [2.24, 2.45) is 0 Å². The van der Waals surface area contributed by atoms with Crippen molar-refractivity contribution in [2.75, 3.05) is 6.73 Å². The quantitative estimate of drug-likeness (QED) is 0.674. The van der Waals surface area contributed by atoms with Crippen molar-refractivity contribution >= 4 is 0 Å². The van der Waals surface area contributed by atoms with Gasteiger partial charge in [0.25, 0.3) is 0 Å². The molecule has 1 aliphatic heterocycles. The summed E-state index contributed by atoms with van der Waals surface area (Å²) < 4.78 is 6.07. The van der Waals surface area contributed by atoms with Gasteiger partial charge in [-0.05, 0) is 16.7 Å². The number of benzene rings is 3. The molecule has 0 saturated carbocycles. The van der Waals surface area contributed by atoms with E-state index in [1.54, 1.807) is 0 Å². The third-order valence-electron chi connectivity index (χ3n) is 4.52. The van der Waals surface area contributed by atoms with Crippen LogP contribution >= 0.6 is 0 Å². The molecule has 1 atom stereocenters. The second-order valence-electron chi connectivity index (χ2n) is 6.44. The predicted molar refractivity (Wildman–Crippen MR) is 105 cm³/mol. The van der Waals surface area contributed by atoms with Gasteiger partial charge < -0.3 is 4.74 Å². The summed E-state index contributed by atoms with van der Waals surface area (Å²) in [6.45, 7) is 1.92. The average Bonchev–Trinajstić information content (AvgIpc) is 3.15. The van der Waals surface area contributed by atoms with E-state index in [1.165, 1.54) is 11.1 Å². The molecule has 0 radical (unpaired) electrons. The van der Waals surface area contributed by atoms with E-state index < -0.39 is 0 Å². The summed E-state index contributed by atoms with van der Waals surface area (Å²) in [5.41, 5.74) is 10.5. The summed E-state index contributed by atoms with van der Waals surface area (Å²) in [6, 6.07) is 31.0. The van der Waals surface area contributed by atoms with Gasteiger partial charge in [0.15, 0.2) is 6.23 Å². The van der Waals surface area contributed by atoms with E-state index >= 15 is 0 Å². The van der Waals surface area contributed by atoms with Gasteiger partial charge in [-0.1, -0.05) is 91.0 Å². The lowest BCUT2D eigenvalue weighted by molar-refractivity contribution is -0.103. The first-order chi connectivity index (χ1) is 13.4. The minimum Gasteiger partial charge on any atom is -0.338 e. The van der Waals surface area contributed by atoms with Crippen LogP contribution in [0.15, 0.2) is 91.0 Å². The van der Waals surface area contributed by atoms with Gasteiger partial charge in [0, 0.05) is 13.1 Å². The zero-order valence-corrected chi connectivity index (χ0v) is 15.2. The predicted octanol–water partition coefficient (Wildman–Crippen LogP) is 3.60. The van der Waals surface area contributed by atoms with Crippen LogP contribution in [0.3, 0.4) is 0 Å². The Hall–Kier alpha value is -2.54. The van der Waals surface area contributed by atoms with Gasteiger partial charge in [-0.25, -0.2) is 10.9 Å². The number of hydrogen-bond donors (Lipinski definition) is 2. The summed E-state index contributed by atoms with van der Waals surface area (Å²) in [5, 5.41) is 4.03.